The standard InChI is InChI=1S/C16H20N2O3S/c1-13-4-2-5-14(12-13)21-10-3-8-18(9-6-15(19)20)16-17-7-11-22-16/h2,4-5,7,11-12H,3,6,8-10H2,1H3,(H,19,20). The van der Waals surface area contributed by atoms with Gasteiger partial charge in [0.05, 0.1) is 13.0 Å². The number of ether oxygens (including phenoxy) is 1. The molecule has 1 N–H and O–H groups in total. The number of carbonyl (C=O) groups is 1. The molecule has 22 heavy (non-hydrogen) atoms. The first-order valence-electron chi connectivity index (χ1n) is 7.21. The first kappa shape index (κ1) is 16.3. The van der Waals surface area contributed by atoms with Crippen molar-refractivity contribution in [3.63, 3.8) is 0 Å². The molecule has 1 heterocycles. The van der Waals surface area contributed by atoms with Gasteiger partial charge in [-0.15, -0.1) is 11.3 Å². The molecule has 0 aliphatic carbocycles. The highest BCUT2D eigenvalue weighted by Crippen LogP contribution is 2.18. The van der Waals surface area contributed by atoms with E-state index in [1.165, 1.54) is 16.9 Å². The van der Waals surface area contributed by atoms with Crippen LogP contribution in [0.5, 0.6) is 5.75 Å². The number of benzene rings is 1. The third-order valence-corrected chi connectivity index (χ3v) is 3.95. The van der Waals surface area contributed by atoms with Gasteiger partial charge in [0.25, 0.3) is 0 Å². The van der Waals surface area contributed by atoms with Crippen molar-refractivity contribution in [2.75, 3.05) is 24.6 Å². The van der Waals surface area contributed by atoms with Crippen molar-refractivity contribution in [1.82, 2.24) is 4.98 Å². The van der Waals surface area contributed by atoms with E-state index in [2.05, 4.69) is 4.98 Å². The molecule has 2 aromatic rings. The highest BCUT2D eigenvalue weighted by atomic mass is 32.1. The van der Waals surface area contributed by atoms with Crippen LogP contribution in [0.25, 0.3) is 0 Å². The molecule has 0 amide bonds. The number of aryl methyl sites for hydroxylation is 1. The molecule has 5 nitrogen and oxygen atoms in total. The normalized spacial score (nSPS) is 10.4. The Kier molecular flexibility index (Phi) is 6.21. The van der Waals surface area contributed by atoms with Crippen LogP contribution in [0.3, 0.4) is 0 Å². The van der Waals surface area contributed by atoms with Crippen LogP contribution in [-0.4, -0.2) is 35.8 Å². The zero-order valence-electron chi connectivity index (χ0n) is 12.6. The molecule has 1 aromatic carbocycles. The van der Waals surface area contributed by atoms with Crippen molar-refractivity contribution < 1.29 is 14.6 Å². The summed E-state index contributed by atoms with van der Waals surface area (Å²) in [5.74, 6) is 0.0731. The van der Waals surface area contributed by atoms with Gasteiger partial charge in [-0.3, -0.25) is 4.79 Å². The number of carboxylic acids is 1. The second-order valence-electron chi connectivity index (χ2n) is 4.96. The van der Waals surface area contributed by atoms with Crippen LogP contribution in [0.4, 0.5) is 5.13 Å². The number of aliphatic carboxylic acids is 1. The minimum absolute atomic E-state index is 0.109. The average Bonchev–Trinajstić information content (AvgIpc) is 3.00. The number of nitrogens with zero attached hydrogens (tertiary/aromatic N) is 2. The molecule has 0 unspecified atom stereocenters. The highest BCUT2D eigenvalue weighted by molar-refractivity contribution is 7.13. The number of thiazole rings is 1. The van der Waals surface area contributed by atoms with E-state index < -0.39 is 5.97 Å². The predicted molar refractivity (Wildman–Crippen MR) is 87.9 cm³/mol. The summed E-state index contributed by atoms with van der Waals surface area (Å²) < 4.78 is 5.72. The molecule has 0 spiro atoms. The van der Waals surface area contributed by atoms with Crippen LogP contribution in [0, 0.1) is 6.92 Å². The summed E-state index contributed by atoms with van der Waals surface area (Å²) in [5, 5.41) is 11.6. The van der Waals surface area contributed by atoms with Gasteiger partial charge in [0, 0.05) is 24.7 Å². The molecule has 6 heteroatoms. The third kappa shape index (κ3) is 5.37. The Labute approximate surface area is 134 Å². The van der Waals surface area contributed by atoms with Crippen molar-refractivity contribution in [2.45, 2.75) is 19.8 Å². The van der Waals surface area contributed by atoms with Crippen molar-refractivity contribution >= 4 is 22.4 Å². The lowest BCUT2D eigenvalue weighted by Gasteiger charge is -2.21. The average molecular weight is 320 g/mol. The number of hydrogen-bond donors (Lipinski definition) is 1. The predicted octanol–water partition coefficient (Wildman–Crippen LogP) is 3.20. The lowest BCUT2D eigenvalue weighted by Crippen LogP contribution is -2.28. The summed E-state index contributed by atoms with van der Waals surface area (Å²) in [5.41, 5.74) is 1.17. The Balaban J connectivity index is 1.79. The molecule has 0 aliphatic rings. The van der Waals surface area contributed by atoms with Gasteiger partial charge in [-0.25, -0.2) is 4.98 Å². The lowest BCUT2D eigenvalue weighted by atomic mass is 10.2. The molecule has 0 aliphatic heterocycles. The van der Waals surface area contributed by atoms with E-state index in [1.807, 2.05) is 41.5 Å². The van der Waals surface area contributed by atoms with Gasteiger partial charge in [0.1, 0.15) is 5.75 Å². The SMILES string of the molecule is Cc1cccc(OCCCN(CCC(=O)O)c2nccs2)c1. The van der Waals surface area contributed by atoms with E-state index in [1.54, 1.807) is 6.20 Å². The third-order valence-electron chi connectivity index (χ3n) is 3.12. The van der Waals surface area contributed by atoms with Crippen LogP contribution >= 0.6 is 11.3 Å². The van der Waals surface area contributed by atoms with Crippen LogP contribution < -0.4 is 9.64 Å². The van der Waals surface area contributed by atoms with Crippen molar-refractivity contribution in [3.8, 4) is 5.75 Å². The summed E-state index contributed by atoms with van der Waals surface area (Å²) in [6.07, 6.45) is 2.66. The molecule has 0 saturated carbocycles. The lowest BCUT2D eigenvalue weighted by molar-refractivity contribution is -0.136. The van der Waals surface area contributed by atoms with Gasteiger partial charge >= 0.3 is 5.97 Å². The molecule has 0 atom stereocenters. The minimum Gasteiger partial charge on any atom is -0.494 e. The van der Waals surface area contributed by atoms with Crippen molar-refractivity contribution in [1.29, 1.82) is 0 Å². The Morgan fingerprint density at radius 2 is 2.27 bits per heavy atom. The maximum atomic E-state index is 10.8. The maximum Gasteiger partial charge on any atom is 0.305 e. The smallest absolute Gasteiger partial charge is 0.305 e. The fourth-order valence-corrected chi connectivity index (χ4v) is 2.75. The number of rotatable bonds is 9. The van der Waals surface area contributed by atoms with Crippen LogP contribution in [0.15, 0.2) is 35.8 Å². The number of carboxylic acid groups (broad SMARTS) is 1. The van der Waals surface area contributed by atoms with Gasteiger partial charge < -0.3 is 14.7 Å². The van der Waals surface area contributed by atoms with E-state index in [0.29, 0.717) is 13.2 Å². The molecule has 118 valence electrons. The van der Waals surface area contributed by atoms with E-state index in [9.17, 15) is 4.79 Å². The van der Waals surface area contributed by atoms with Crippen LogP contribution in [0.2, 0.25) is 0 Å². The van der Waals surface area contributed by atoms with Gasteiger partial charge in [-0.05, 0) is 31.0 Å². The van der Waals surface area contributed by atoms with E-state index in [4.69, 9.17) is 9.84 Å². The second kappa shape index (κ2) is 8.38. The zero-order chi connectivity index (χ0) is 15.8. The Bertz CT molecular complexity index is 587. The highest BCUT2D eigenvalue weighted by Gasteiger charge is 2.10. The summed E-state index contributed by atoms with van der Waals surface area (Å²) in [6.45, 7) is 3.82. The first-order valence-corrected chi connectivity index (χ1v) is 8.09. The van der Waals surface area contributed by atoms with Gasteiger partial charge in [-0.2, -0.15) is 0 Å². The molecule has 1 aromatic heterocycles. The van der Waals surface area contributed by atoms with E-state index in [-0.39, 0.29) is 6.42 Å². The summed E-state index contributed by atoms with van der Waals surface area (Å²) in [4.78, 5) is 17.0. The zero-order valence-corrected chi connectivity index (χ0v) is 13.4. The minimum atomic E-state index is -0.794. The maximum absolute atomic E-state index is 10.8. The molecule has 2 rings (SSSR count). The number of anilines is 1. The summed E-state index contributed by atoms with van der Waals surface area (Å²) in [6, 6.07) is 7.95. The van der Waals surface area contributed by atoms with Crippen molar-refractivity contribution in [3.05, 3.63) is 41.4 Å². The Morgan fingerprint density at radius 3 is 2.95 bits per heavy atom. The second-order valence-corrected chi connectivity index (χ2v) is 5.84. The Hall–Kier alpha value is -2.08. The molecule has 0 saturated heterocycles. The van der Waals surface area contributed by atoms with Gasteiger partial charge in [0.15, 0.2) is 5.13 Å². The molecular weight excluding hydrogens is 300 g/mol. The fourth-order valence-electron chi connectivity index (χ4n) is 2.06. The van der Waals surface area contributed by atoms with Crippen LogP contribution in [-0.2, 0) is 4.79 Å². The summed E-state index contributed by atoms with van der Waals surface area (Å²) in [7, 11) is 0. The fraction of sp³-hybridized carbons (Fsp3) is 0.375. The first-order chi connectivity index (χ1) is 10.6. The number of aromatic nitrogens is 1. The molecule has 0 radical (unpaired) electrons. The monoisotopic (exact) mass is 320 g/mol. The van der Waals surface area contributed by atoms with Gasteiger partial charge in [-0.1, -0.05) is 12.1 Å². The quantitative estimate of drug-likeness (QED) is 0.719. The largest absolute Gasteiger partial charge is 0.494 e. The molecule has 0 fully saturated rings. The van der Waals surface area contributed by atoms with E-state index >= 15 is 0 Å². The number of hydrogen-bond acceptors (Lipinski definition) is 5. The topological polar surface area (TPSA) is 62.7 Å². The summed E-state index contributed by atoms with van der Waals surface area (Å²) >= 11 is 1.52. The van der Waals surface area contributed by atoms with Crippen LogP contribution in [0.1, 0.15) is 18.4 Å². The van der Waals surface area contributed by atoms with Gasteiger partial charge in [0.2, 0.25) is 0 Å². The van der Waals surface area contributed by atoms with E-state index in [0.717, 1.165) is 23.8 Å². The Morgan fingerprint density at radius 1 is 1.41 bits per heavy atom. The molecular formula is C16H20N2O3S. The molecule has 0 bridgehead atoms. The van der Waals surface area contributed by atoms with Crippen molar-refractivity contribution in [2.24, 2.45) is 0 Å².